The molecular formula is C14H9Br2F3O. The molecule has 1 nitrogen and oxygen atoms in total. The molecule has 0 aliphatic heterocycles. The minimum absolute atomic E-state index is 0.193. The largest absolute Gasteiger partial charge is 0.416 e. The third-order valence-electron chi connectivity index (χ3n) is 2.78. The number of aliphatic hydroxyl groups is 1. The molecule has 0 saturated carbocycles. The van der Waals surface area contributed by atoms with Gasteiger partial charge in [0, 0.05) is 14.5 Å². The number of halogens is 5. The number of aliphatic hydroxyl groups excluding tert-OH is 1. The highest BCUT2D eigenvalue weighted by Crippen LogP contribution is 2.34. The fourth-order valence-electron chi connectivity index (χ4n) is 1.79. The Kier molecular flexibility index (Phi) is 4.56. The molecule has 2 aromatic carbocycles. The monoisotopic (exact) mass is 408 g/mol. The first kappa shape index (κ1) is 15.5. The van der Waals surface area contributed by atoms with Crippen molar-refractivity contribution in [1.82, 2.24) is 0 Å². The van der Waals surface area contributed by atoms with Crippen molar-refractivity contribution in [2.45, 2.75) is 12.3 Å². The van der Waals surface area contributed by atoms with Gasteiger partial charge in [-0.15, -0.1) is 0 Å². The van der Waals surface area contributed by atoms with E-state index in [2.05, 4.69) is 31.9 Å². The van der Waals surface area contributed by atoms with E-state index in [0.29, 0.717) is 10.0 Å². The van der Waals surface area contributed by atoms with E-state index >= 15 is 0 Å². The second-order valence-corrected chi connectivity index (χ2v) is 5.96. The van der Waals surface area contributed by atoms with Crippen LogP contribution in [0, 0.1) is 0 Å². The summed E-state index contributed by atoms with van der Waals surface area (Å²) in [6, 6.07) is 9.84. The van der Waals surface area contributed by atoms with Crippen LogP contribution in [-0.2, 0) is 6.18 Å². The highest BCUT2D eigenvalue weighted by Gasteiger charge is 2.31. The average Bonchev–Trinajstić information content (AvgIpc) is 2.40. The molecule has 0 spiro atoms. The highest BCUT2D eigenvalue weighted by atomic mass is 79.9. The van der Waals surface area contributed by atoms with Gasteiger partial charge in [0.05, 0.1) is 5.56 Å². The lowest BCUT2D eigenvalue weighted by atomic mass is 9.99. The first-order valence-electron chi connectivity index (χ1n) is 5.59. The van der Waals surface area contributed by atoms with E-state index in [1.54, 1.807) is 18.2 Å². The minimum atomic E-state index is -4.43. The van der Waals surface area contributed by atoms with E-state index in [9.17, 15) is 18.3 Å². The maximum Gasteiger partial charge on any atom is 0.416 e. The van der Waals surface area contributed by atoms with Gasteiger partial charge in [-0.2, -0.15) is 13.2 Å². The second-order valence-electron chi connectivity index (χ2n) is 4.19. The first-order chi connectivity index (χ1) is 9.29. The van der Waals surface area contributed by atoms with E-state index < -0.39 is 17.8 Å². The van der Waals surface area contributed by atoms with Crippen molar-refractivity contribution in [1.29, 1.82) is 0 Å². The Balaban J connectivity index is 2.43. The molecule has 0 saturated heterocycles. The third kappa shape index (κ3) is 3.42. The summed E-state index contributed by atoms with van der Waals surface area (Å²) in [6.07, 6.45) is -5.56. The highest BCUT2D eigenvalue weighted by molar-refractivity contribution is 9.11. The predicted molar refractivity (Wildman–Crippen MR) is 77.3 cm³/mol. The number of benzene rings is 2. The van der Waals surface area contributed by atoms with Crippen LogP contribution in [0.25, 0.3) is 0 Å². The molecule has 2 rings (SSSR count). The van der Waals surface area contributed by atoms with Gasteiger partial charge in [-0.1, -0.05) is 44.0 Å². The normalized spacial score (nSPS) is 13.3. The van der Waals surface area contributed by atoms with Crippen LogP contribution in [0.3, 0.4) is 0 Å². The molecule has 0 bridgehead atoms. The molecular weight excluding hydrogens is 401 g/mol. The first-order valence-corrected chi connectivity index (χ1v) is 7.18. The Hall–Kier alpha value is -0.850. The standard InChI is InChI=1S/C14H9Br2F3O/c15-10-4-5-12(16)11(7-10)13(20)8-2-1-3-9(6-8)14(17,18)19/h1-7,13,20H. The van der Waals surface area contributed by atoms with Gasteiger partial charge < -0.3 is 5.11 Å². The van der Waals surface area contributed by atoms with Gasteiger partial charge in [0.2, 0.25) is 0 Å². The zero-order valence-electron chi connectivity index (χ0n) is 9.96. The zero-order valence-corrected chi connectivity index (χ0v) is 13.1. The Bertz CT molecular complexity index is 626. The number of alkyl halides is 3. The quantitative estimate of drug-likeness (QED) is 0.712. The molecule has 2 aromatic rings. The number of hydrogen-bond acceptors (Lipinski definition) is 1. The van der Waals surface area contributed by atoms with E-state index in [-0.39, 0.29) is 5.56 Å². The van der Waals surface area contributed by atoms with Gasteiger partial charge in [-0.3, -0.25) is 0 Å². The lowest BCUT2D eigenvalue weighted by Gasteiger charge is -2.15. The van der Waals surface area contributed by atoms with E-state index in [1.807, 2.05) is 0 Å². The van der Waals surface area contributed by atoms with Gasteiger partial charge >= 0.3 is 6.18 Å². The molecule has 0 aromatic heterocycles. The lowest BCUT2D eigenvalue weighted by molar-refractivity contribution is -0.137. The molecule has 0 heterocycles. The number of hydrogen-bond donors (Lipinski definition) is 1. The molecule has 0 amide bonds. The molecule has 20 heavy (non-hydrogen) atoms. The predicted octanol–water partition coefficient (Wildman–Crippen LogP) is 5.31. The molecule has 0 radical (unpaired) electrons. The molecule has 0 aliphatic carbocycles. The Morgan fingerprint density at radius 2 is 1.70 bits per heavy atom. The fraction of sp³-hybridized carbons (Fsp3) is 0.143. The van der Waals surface area contributed by atoms with E-state index in [0.717, 1.165) is 16.6 Å². The summed E-state index contributed by atoms with van der Waals surface area (Å²) in [5, 5.41) is 10.3. The van der Waals surface area contributed by atoms with Crippen LogP contribution in [0.2, 0.25) is 0 Å². The van der Waals surface area contributed by atoms with Crippen LogP contribution < -0.4 is 0 Å². The summed E-state index contributed by atoms with van der Waals surface area (Å²) in [4.78, 5) is 0. The molecule has 1 unspecified atom stereocenters. The second kappa shape index (κ2) is 5.87. The van der Waals surface area contributed by atoms with Gasteiger partial charge in [0.25, 0.3) is 0 Å². The molecule has 1 atom stereocenters. The smallest absolute Gasteiger partial charge is 0.384 e. The summed E-state index contributed by atoms with van der Waals surface area (Å²) in [6.45, 7) is 0. The SMILES string of the molecule is OC(c1cccc(C(F)(F)F)c1)c1cc(Br)ccc1Br. The van der Waals surface area contributed by atoms with Gasteiger partial charge in [-0.25, -0.2) is 0 Å². The van der Waals surface area contributed by atoms with E-state index in [1.165, 1.54) is 12.1 Å². The third-order valence-corrected chi connectivity index (χ3v) is 4.00. The molecule has 106 valence electrons. The maximum atomic E-state index is 12.7. The summed E-state index contributed by atoms with van der Waals surface area (Å²) < 4.78 is 39.4. The average molecular weight is 410 g/mol. The number of rotatable bonds is 2. The summed E-state index contributed by atoms with van der Waals surface area (Å²) in [7, 11) is 0. The van der Waals surface area contributed by atoms with Gasteiger partial charge in [0.1, 0.15) is 6.10 Å². The minimum Gasteiger partial charge on any atom is -0.384 e. The van der Waals surface area contributed by atoms with E-state index in [4.69, 9.17) is 0 Å². The fourth-order valence-corrected chi connectivity index (χ4v) is 2.63. The van der Waals surface area contributed by atoms with Crippen molar-refractivity contribution in [3.05, 3.63) is 68.1 Å². The maximum absolute atomic E-state index is 12.7. The van der Waals surface area contributed by atoms with Crippen molar-refractivity contribution in [2.24, 2.45) is 0 Å². The van der Waals surface area contributed by atoms with Crippen molar-refractivity contribution < 1.29 is 18.3 Å². The van der Waals surface area contributed by atoms with Gasteiger partial charge in [-0.05, 0) is 35.9 Å². The summed E-state index contributed by atoms with van der Waals surface area (Å²) in [5.41, 5.74) is -0.0857. The van der Waals surface area contributed by atoms with Crippen molar-refractivity contribution >= 4 is 31.9 Å². The summed E-state index contributed by atoms with van der Waals surface area (Å²) in [5.74, 6) is 0. The van der Waals surface area contributed by atoms with Crippen molar-refractivity contribution in [3.63, 3.8) is 0 Å². The summed E-state index contributed by atoms with van der Waals surface area (Å²) >= 11 is 6.55. The molecule has 1 N–H and O–H groups in total. The topological polar surface area (TPSA) is 20.2 Å². The van der Waals surface area contributed by atoms with Crippen molar-refractivity contribution in [3.8, 4) is 0 Å². The van der Waals surface area contributed by atoms with Crippen LogP contribution in [0.15, 0.2) is 51.4 Å². The zero-order chi connectivity index (χ0) is 14.9. The molecule has 6 heteroatoms. The van der Waals surface area contributed by atoms with Gasteiger partial charge in [0.15, 0.2) is 0 Å². The Morgan fingerprint density at radius 3 is 2.35 bits per heavy atom. The van der Waals surface area contributed by atoms with Crippen LogP contribution in [0.4, 0.5) is 13.2 Å². The molecule has 0 aliphatic rings. The Labute approximate surface area is 130 Å². The van der Waals surface area contributed by atoms with Crippen LogP contribution in [-0.4, -0.2) is 5.11 Å². The van der Waals surface area contributed by atoms with Crippen LogP contribution in [0.1, 0.15) is 22.8 Å². The van der Waals surface area contributed by atoms with Crippen LogP contribution in [0.5, 0.6) is 0 Å². The lowest BCUT2D eigenvalue weighted by Crippen LogP contribution is -2.07. The Morgan fingerprint density at radius 1 is 1.00 bits per heavy atom. The van der Waals surface area contributed by atoms with Crippen molar-refractivity contribution in [2.75, 3.05) is 0 Å². The van der Waals surface area contributed by atoms with Crippen LogP contribution >= 0.6 is 31.9 Å². The molecule has 0 fully saturated rings.